The van der Waals surface area contributed by atoms with Gasteiger partial charge in [-0.1, -0.05) is 12.8 Å². The highest BCUT2D eigenvalue weighted by Crippen LogP contribution is 2.38. The van der Waals surface area contributed by atoms with E-state index < -0.39 is 0 Å². The number of nitrogens with one attached hydrogen (secondary N) is 2. The van der Waals surface area contributed by atoms with E-state index >= 15 is 0 Å². The molecule has 1 aliphatic rings. The maximum absolute atomic E-state index is 5.40. The molecule has 1 fully saturated rings. The van der Waals surface area contributed by atoms with Crippen LogP contribution in [0.3, 0.4) is 0 Å². The van der Waals surface area contributed by atoms with Gasteiger partial charge in [0.25, 0.3) is 0 Å². The Morgan fingerprint density at radius 1 is 1.08 bits per heavy atom. The molecule has 1 saturated carbocycles. The molecule has 2 N–H and O–H groups in total. The average Bonchev–Trinajstić information content (AvgIpc) is 3.46. The van der Waals surface area contributed by atoms with Gasteiger partial charge in [-0.25, -0.2) is 4.99 Å². The summed E-state index contributed by atoms with van der Waals surface area (Å²) in [4.78, 5) is 4.66. The number of guanidine groups is 1. The summed E-state index contributed by atoms with van der Waals surface area (Å²) >= 11 is 0. The zero-order chi connectivity index (χ0) is 18.1. The summed E-state index contributed by atoms with van der Waals surface area (Å²) in [6.07, 6.45) is 5.34. The summed E-state index contributed by atoms with van der Waals surface area (Å²) in [5.41, 5.74) is 1.00. The summed E-state index contributed by atoms with van der Waals surface area (Å²) in [6.45, 7) is 4.40. The third kappa shape index (κ3) is 6.03. The number of hydrogen-bond acceptors (Lipinski definition) is 4. The molecule has 0 unspecified atom stereocenters. The van der Waals surface area contributed by atoms with E-state index in [1.807, 2.05) is 12.1 Å². The lowest BCUT2D eigenvalue weighted by atomic mass is 10.2. The van der Waals surface area contributed by atoms with Crippen molar-refractivity contribution in [3.63, 3.8) is 0 Å². The van der Waals surface area contributed by atoms with Crippen LogP contribution in [0.25, 0.3) is 0 Å². The van der Waals surface area contributed by atoms with Crippen LogP contribution >= 0.6 is 0 Å². The highest BCUT2D eigenvalue weighted by molar-refractivity contribution is 5.79. The lowest BCUT2D eigenvalue weighted by molar-refractivity contribution is 0.324. The first-order chi connectivity index (χ1) is 12.2. The van der Waals surface area contributed by atoms with Crippen LogP contribution in [0.2, 0.25) is 0 Å². The van der Waals surface area contributed by atoms with Gasteiger partial charge in [0.2, 0.25) is 5.75 Å². The minimum absolute atomic E-state index is 0.536. The molecule has 2 rings (SSSR count). The van der Waals surface area contributed by atoms with E-state index in [0.29, 0.717) is 23.8 Å². The van der Waals surface area contributed by atoms with Gasteiger partial charge >= 0.3 is 0 Å². The van der Waals surface area contributed by atoms with Crippen LogP contribution in [0.4, 0.5) is 0 Å². The maximum atomic E-state index is 5.40. The zero-order valence-corrected chi connectivity index (χ0v) is 15.9. The predicted molar refractivity (Wildman–Crippen MR) is 101 cm³/mol. The van der Waals surface area contributed by atoms with Crippen molar-refractivity contribution >= 4 is 5.96 Å². The Labute approximate surface area is 151 Å². The Morgan fingerprint density at radius 3 is 2.28 bits per heavy atom. The highest BCUT2D eigenvalue weighted by Gasteiger charge is 2.20. The lowest BCUT2D eigenvalue weighted by Crippen LogP contribution is -2.37. The minimum Gasteiger partial charge on any atom is -0.493 e. The van der Waals surface area contributed by atoms with Crippen molar-refractivity contribution < 1.29 is 14.2 Å². The Hall–Kier alpha value is -2.11. The second-order valence-electron chi connectivity index (χ2n) is 6.24. The molecule has 0 atom stereocenters. The first kappa shape index (κ1) is 19.2. The fourth-order valence-corrected chi connectivity index (χ4v) is 2.74. The molecule has 140 valence electrons. The first-order valence-corrected chi connectivity index (χ1v) is 9.02. The van der Waals surface area contributed by atoms with E-state index in [1.165, 1.54) is 25.7 Å². The van der Waals surface area contributed by atoms with E-state index in [-0.39, 0.29) is 0 Å². The van der Waals surface area contributed by atoms with E-state index in [9.17, 15) is 0 Å². The van der Waals surface area contributed by atoms with E-state index in [1.54, 1.807) is 21.3 Å². The smallest absolute Gasteiger partial charge is 0.203 e. The summed E-state index contributed by atoms with van der Waals surface area (Å²) in [7, 11) is 4.85. The van der Waals surface area contributed by atoms with Crippen molar-refractivity contribution in [2.75, 3.05) is 34.4 Å². The van der Waals surface area contributed by atoms with Crippen molar-refractivity contribution in [1.29, 1.82) is 0 Å². The van der Waals surface area contributed by atoms with Crippen LogP contribution in [0.1, 0.15) is 38.2 Å². The second-order valence-corrected chi connectivity index (χ2v) is 6.24. The van der Waals surface area contributed by atoms with Crippen molar-refractivity contribution in [3.8, 4) is 17.2 Å². The lowest BCUT2D eigenvalue weighted by Gasteiger charge is -2.14. The first-order valence-electron chi connectivity index (χ1n) is 9.02. The summed E-state index contributed by atoms with van der Waals surface area (Å²) < 4.78 is 16.2. The zero-order valence-electron chi connectivity index (χ0n) is 15.9. The standard InChI is InChI=1S/C19H31N3O3/c1-5-20-19(21-10-6-7-14-8-9-14)22-13-15-11-16(23-2)18(25-4)17(12-15)24-3/h11-12,14H,5-10,13H2,1-4H3,(H2,20,21,22). The fraction of sp³-hybridized carbons (Fsp3) is 0.632. The third-order valence-corrected chi connectivity index (χ3v) is 4.27. The van der Waals surface area contributed by atoms with Gasteiger partial charge in [0.1, 0.15) is 0 Å². The number of hydrogen-bond donors (Lipinski definition) is 2. The van der Waals surface area contributed by atoms with Crippen LogP contribution in [0, 0.1) is 5.92 Å². The van der Waals surface area contributed by atoms with Crippen molar-refractivity contribution in [1.82, 2.24) is 10.6 Å². The topological polar surface area (TPSA) is 64.1 Å². The number of aliphatic imine (C=N–C) groups is 1. The third-order valence-electron chi connectivity index (χ3n) is 4.27. The molecule has 0 aliphatic heterocycles. The molecule has 6 nitrogen and oxygen atoms in total. The molecule has 1 aliphatic carbocycles. The molecular formula is C19H31N3O3. The number of ether oxygens (including phenoxy) is 3. The van der Waals surface area contributed by atoms with Crippen molar-refractivity contribution in [2.45, 2.75) is 39.2 Å². The molecule has 1 aromatic carbocycles. The highest BCUT2D eigenvalue weighted by atomic mass is 16.5. The Kier molecular flexibility index (Phi) is 7.70. The van der Waals surface area contributed by atoms with Crippen LogP contribution in [0.15, 0.2) is 17.1 Å². The molecule has 25 heavy (non-hydrogen) atoms. The Bertz CT molecular complexity index is 546. The van der Waals surface area contributed by atoms with Gasteiger partial charge in [-0.05, 0) is 43.4 Å². The van der Waals surface area contributed by atoms with Gasteiger partial charge in [-0.2, -0.15) is 0 Å². The number of nitrogens with zero attached hydrogens (tertiary/aromatic N) is 1. The van der Waals surface area contributed by atoms with Crippen LogP contribution < -0.4 is 24.8 Å². The molecule has 0 heterocycles. The number of rotatable bonds is 10. The minimum atomic E-state index is 0.536. The molecule has 1 aromatic rings. The summed E-state index contributed by atoms with van der Waals surface area (Å²) in [5.74, 6) is 3.71. The molecule has 0 spiro atoms. The Balaban J connectivity index is 1.99. The Morgan fingerprint density at radius 2 is 1.76 bits per heavy atom. The number of methoxy groups -OCH3 is 3. The van der Waals surface area contributed by atoms with Gasteiger partial charge < -0.3 is 24.8 Å². The van der Waals surface area contributed by atoms with Gasteiger partial charge in [-0.3, -0.25) is 0 Å². The molecular weight excluding hydrogens is 318 g/mol. The number of benzene rings is 1. The monoisotopic (exact) mass is 349 g/mol. The van der Waals surface area contributed by atoms with E-state index in [4.69, 9.17) is 14.2 Å². The van der Waals surface area contributed by atoms with Crippen molar-refractivity contribution in [2.24, 2.45) is 10.9 Å². The molecule has 0 bridgehead atoms. The van der Waals surface area contributed by atoms with Crippen LogP contribution in [-0.4, -0.2) is 40.4 Å². The quantitative estimate of drug-likeness (QED) is 0.386. The van der Waals surface area contributed by atoms with Crippen molar-refractivity contribution in [3.05, 3.63) is 17.7 Å². The molecule has 6 heteroatoms. The molecule has 0 aromatic heterocycles. The van der Waals surface area contributed by atoms with Gasteiger partial charge in [0, 0.05) is 13.1 Å². The average molecular weight is 349 g/mol. The van der Waals surface area contributed by atoms with Gasteiger partial charge in [-0.15, -0.1) is 0 Å². The SMILES string of the molecule is CCNC(=NCc1cc(OC)c(OC)c(OC)c1)NCCCC1CC1. The van der Waals surface area contributed by atoms with Gasteiger partial charge in [0.15, 0.2) is 17.5 Å². The molecule has 0 radical (unpaired) electrons. The normalized spacial score (nSPS) is 14.2. The fourth-order valence-electron chi connectivity index (χ4n) is 2.74. The van der Waals surface area contributed by atoms with E-state index in [2.05, 4.69) is 22.5 Å². The second kappa shape index (κ2) is 10.0. The molecule has 0 saturated heterocycles. The predicted octanol–water partition coefficient (Wildman–Crippen LogP) is 2.96. The summed E-state index contributed by atoms with van der Waals surface area (Å²) in [5, 5.41) is 6.69. The largest absolute Gasteiger partial charge is 0.493 e. The van der Waals surface area contributed by atoms with Gasteiger partial charge in [0.05, 0.1) is 27.9 Å². The maximum Gasteiger partial charge on any atom is 0.203 e. The van der Waals surface area contributed by atoms with E-state index in [0.717, 1.165) is 30.5 Å². The molecule has 0 amide bonds. The van der Waals surface area contributed by atoms with Crippen LogP contribution in [-0.2, 0) is 6.54 Å². The van der Waals surface area contributed by atoms with Crippen LogP contribution in [0.5, 0.6) is 17.2 Å². The summed E-state index contributed by atoms with van der Waals surface area (Å²) in [6, 6.07) is 3.86.